The maximum atomic E-state index is 12.7. The van der Waals surface area contributed by atoms with E-state index in [1.807, 2.05) is 31.3 Å². The summed E-state index contributed by atoms with van der Waals surface area (Å²) in [5, 5.41) is 8.13. The third kappa shape index (κ3) is 3.49. The Morgan fingerprint density at radius 2 is 2.00 bits per heavy atom. The Bertz CT molecular complexity index is 897. The normalized spacial score (nSPS) is 14.4. The predicted molar refractivity (Wildman–Crippen MR) is 104 cm³/mol. The Kier molecular flexibility index (Phi) is 4.73. The molecule has 0 aliphatic carbocycles. The average Bonchev–Trinajstić information content (AvgIpc) is 3.30. The Morgan fingerprint density at radius 3 is 2.69 bits per heavy atom. The molecule has 26 heavy (non-hydrogen) atoms. The molecule has 134 valence electrons. The molecule has 4 rings (SSSR count). The van der Waals surface area contributed by atoms with Crippen molar-refractivity contribution in [3.8, 4) is 11.1 Å². The monoisotopic (exact) mass is 368 g/mol. The lowest BCUT2D eigenvalue weighted by Gasteiger charge is -2.28. The second-order valence-electron chi connectivity index (χ2n) is 6.15. The molecule has 0 atom stereocenters. The summed E-state index contributed by atoms with van der Waals surface area (Å²) in [6, 6.07) is 12.2. The van der Waals surface area contributed by atoms with E-state index < -0.39 is 0 Å². The van der Waals surface area contributed by atoms with Gasteiger partial charge in [0.05, 0.1) is 35.0 Å². The number of thiophene rings is 1. The van der Waals surface area contributed by atoms with E-state index in [1.165, 1.54) is 11.3 Å². The van der Waals surface area contributed by atoms with Gasteiger partial charge in [-0.2, -0.15) is 5.10 Å². The number of nitrogens with zero attached hydrogens (tertiary/aromatic N) is 3. The Labute approximate surface area is 156 Å². The van der Waals surface area contributed by atoms with Gasteiger partial charge in [0.1, 0.15) is 0 Å². The summed E-state index contributed by atoms with van der Waals surface area (Å²) < 4.78 is 7.14. The van der Waals surface area contributed by atoms with Gasteiger partial charge in [0.2, 0.25) is 0 Å². The van der Waals surface area contributed by atoms with Crippen LogP contribution >= 0.6 is 11.3 Å². The van der Waals surface area contributed by atoms with Crippen LogP contribution < -0.4 is 10.2 Å². The molecule has 3 aromatic rings. The van der Waals surface area contributed by atoms with E-state index in [4.69, 9.17) is 4.74 Å². The summed E-state index contributed by atoms with van der Waals surface area (Å²) >= 11 is 1.53. The highest BCUT2D eigenvalue weighted by atomic mass is 32.1. The van der Waals surface area contributed by atoms with E-state index in [-0.39, 0.29) is 5.91 Å². The summed E-state index contributed by atoms with van der Waals surface area (Å²) in [5.74, 6) is -0.111. The lowest BCUT2D eigenvalue weighted by atomic mass is 10.1. The topological polar surface area (TPSA) is 59.4 Å². The number of carbonyl (C=O) groups excluding carboxylic acids is 1. The van der Waals surface area contributed by atoms with Gasteiger partial charge in [-0.25, -0.2) is 0 Å². The molecule has 0 bridgehead atoms. The quantitative estimate of drug-likeness (QED) is 0.768. The second kappa shape index (κ2) is 7.31. The third-order valence-corrected chi connectivity index (χ3v) is 5.48. The molecule has 7 heteroatoms. The van der Waals surface area contributed by atoms with Gasteiger partial charge in [-0.3, -0.25) is 9.48 Å². The van der Waals surface area contributed by atoms with Crippen molar-refractivity contribution >= 4 is 27.9 Å². The highest BCUT2D eigenvalue weighted by Crippen LogP contribution is 2.39. The maximum absolute atomic E-state index is 12.7. The summed E-state index contributed by atoms with van der Waals surface area (Å²) in [6.45, 7) is 3.10. The minimum absolute atomic E-state index is 0.111. The highest BCUT2D eigenvalue weighted by molar-refractivity contribution is 7.18. The first-order valence-corrected chi connectivity index (χ1v) is 9.34. The Balaban J connectivity index is 1.67. The van der Waals surface area contributed by atoms with Crippen molar-refractivity contribution in [1.82, 2.24) is 9.78 Å². The molecule has 1 aliphatic rings. The molecule has 2 aromatic heterocycles. The minimum Gasteiger partial charge on any atom is -0.378 e. The van der Waals surface area contributed by atoms with Crippen LogP contribution in [0, 0.1) is 0 Å². The number of carbonyl (C=O) groups is 1. The number of benzene rings is 1. The molecular formula is C19H20N4O2S. The zero-order valence-corrected chi connectivity index (χ0v) is 15.3. The average molecular weight is 368 g/mol. The fourth-order valence-corrected chi connectivity index (χ4v) is 4.12. The number of anilines is 2. The molecular weight excluding hydrogens is 348 g/mol. The zero-order valence-electron chi connectivity index (χ0n) is 14.5. The van der Waals surface area contributed by atoms with Crippen molar-refractivity contribution in [2.75, 3.05) is 36.5 Å². The van der Waals surface area contributed by atoms with Gasteiger partial charge in [-0.15, -0.1) is 11.3 Å². The van der Waals surface area contributed by atoms with Crippen LogP contribution in [0.4, 0.5) is 10.7 Å². The molecule has 1 amide bonds. The Hall–Kier alpha value is -2.64. The number of nitrogens with one attached hydrogen (secondary N) is 1. The number of hydrogen-bond acceptors (Lipinski definition) is 5. The zero-order chi connectivity index (χ0) is 17.9. The molecule has 1 fully saturated rings. The highest BCUT2D eigenvalue weighted by Gasteiger charge is 2.22. The first-order valence-electron chi connectivity index (χ1n) is 8.52. The summed E-state index contributed by atoms with van der Waals surface area (Å²) in [4.78, 5) is 15.7. The van der Waals surface area contributed by atoms with E-state index in [9.17, 15) is 4.79 Å². The standard InChI is InChI=1S/C19H20N4O2S/c1-22-13-15(12-20-22)21-18(24)17-11-16(14-5-3-2-4-6-14)19(26-17)23-7-9-25-10-8-23/h2-6,11-13H,7-10H2,1H3,(H,21,24). The number of ether oxygens (including phenoxy) is 1. The fraction of sp³-hybridized carbons (Fsp3) is 0.263. The molecule has 3 heterocycles. The van der Waals surface area contributed by atoms with Crippen molar-refractivity contribution in [2.24, 2.45) is 7.05 Å². The van der Waals surface area contributed by atoms with Crippen molar-refractivity contribution in [2.45, 2.75) is 0 Å². The van der Waals surface area contributed by atoms with E-state index in [0.29, 0.717) is 23.8 Å². The number of rotatable bonds is 4. The molecule has 0 unspecified atom stereocenters. The molecule has 0 radical (unpaired) electrons. The van der Waals surface area contributed by atoms with E-state index >= 15 is 0 Å². The minimum atomic E-state index is -0.111. The lowest BCUT2D eigenvalue weighted by Crippen LogP contribution is -2.35. The van der Waals surface area contributed by atoms with Gasteiger partial charge in [0.25, 0.3) is 5.91 Å². The van der Waals surface area contributed by atoms with Crippen LogP contribution in [-0.4, -0.2) is 42.0 Å². The number of morpholine rings is 1. The summed E-state index contributed by atoms with van der Waals surface area (Å²) in [6.07, 6.45) is 3.43. The second-order valence-corrected chi connectivity index (χ2v) is 7.18. The van der Waals surface area contributed by atoms with Crippen LogP contribution in [-0.2, 0) is 11.8 Å². The van der Waals surface area contributed by atoms with E-state index in [1.54, 1.807) is 17.1 Å². The number of hydrogen-bond donors (Lipinski definition) is 1. The van der Waals surface area contributed by atoms with Crippen LogP contribution in [0.15, 0.2) is 48.8 Å². The van der Waals surface area contributed by atoms with Gasteiger partial charge in [0.15, 0.2) is 0 Å². The molecule has 1 aliphatic heterocycles. The van der Waals surface area contributed by atoms with Crippen LogP contribution in [0.5, 0.6) is 0 Å². The van der Waals surface area contributed by atoms with Crippen molar-refractivity contribution in [3.05, 3.63) is 53.7 Å². The van der Waals surface area contributed by atoms with E-state index in [2.05, 4.69) is 27.4 Å². The Morgan fingerprint density at radius 1 is 1.23 bits per heavy atom. The molecule has 0 saturated carbocycles. The summed E-state index contributed by atoms with van der Waals surface area (Å²) in [5.41, 5.74) is 2.90. The number of aromatic nitrogens is 2. The summed E-state index contributed by atoms with van der Waals surface area (Å²) in [7, 11) is 1.82. The SMILES string of the molecule is Cn1cc(NC(=O)c2cc(-c3ccccc3)c(N3CCOCC3)s2)cn1. The first kappa shape index (κ1) is 16.8. The number of amides is 1. The molecule has 0 spiro atoms. The third-order valence-electron chi connectivity index (χ3n) is 4.28. The first-order chi connectivity index (χ1) is 12.7. The molecule has 1 N–H and O–H groups in total. The molecule has 6 nitrogen and oxygen atoms in total. The van der Waals surface area contributed by atoms with Crippen LogP contribution in [0.3, 0.4) is 0 Å². The van der Waals surface area contributed by atoms with Crippen molar-refractivity contribution in [1.29, 1.82) is 0 Å². The van der Waals surface area contributed by atoms with Gasteiger partial charge < -0.3 is 15.0 Å². The van der Waals surface area contributed by atoms with Gasteiger partial charge in [0, 0.05) is 31.9 Å². The predicted octanol–water partition coefficient (Wildman–Crippen LogP) is 3.24. The van der Waals surface area contributed by atoms with Crippen LogP contribution in [0.1, 0.15) is 9.67 Å². The molecule has 1 aromatic carbocycles. The van der Waals surface area contributed by atoms with Gasteiger partial charge in [-0.1, -0.05) is 30.3 Å². The van der Waals surface area contributed by atoms with Crippen LogP contribution in [0.25, 0.3) is 11.1 Å². The van der Waals surface area contributed by atoms with Crippen molar-refractivity contribution in [3.63, 3.8) is 0 Å². The van der Waals surface area contributed by atoms with Gasteiger partial charge >= 0.3 is 0 Å². The largest absolute Gasteiger partial charge is 0.378 e. The lowest BCUT2D eigenvalue weighted by molar-refractivity contribution is 0.103. The fourth-order valence-electron chi connectivity index (χ4n) is 3.00. The smallest absolute Gasteiger partial charge is 0.265 e. The molecule has 1 saturated heterocycles. The van der Waals surface area contributed by atoms with Crippen LogP contribution in [0.2, 0.25) is 0 Å². The van der Waals surface area contributed by atoms with E-state index in [0.717, 1.165) is 29.2 Å². The number of aryl methyl sites for hydroxylation is 1. The van der Waals surface area contributed by atoms with Crippen molar-refractivity contribution < 1.29 is 9.53 Å². The van der Waals surface area contributed by atoms with Gasteiger partial charge in [-0.05, 0) is 11.6 Å². The maximum Gasteiger partial charge on any atom is 0.265 e.